The third-order valence-electron chi connectivity index (χ3n) is 5.19. The average Bonchev–Trinajstić information content (AvgIpc) is 3.33. The van der Waals surface area contributed by atoms with Crippen LogP contribution in [0.2, 0.25) is 0 Å². The van der Waals surface area contributed by atoms with Gasteiger partial charge in [-0.1, -0.05) is 48.5 Å². The normalized spacial score (nSPS) is 11.3. The summed E-state index contributed by atoms with van der Waals surface area (Å²) in [7, 11) is 0. The predicted molar refractivity (Wildman–Crippen MR) is 127 cm³/mol. The molecule has 8 heteroatoms. The molecule has 0 amide bonds. The maximum absolute atomic E-state index is 13.3. The van der Waals surface area contributed by atoms with Crippen LogP contribution >= 0.6 is 0 Å². The minimum atomic E-state index is -0.437. The first-order valence-electron chi connectivity index (χ1n) is 10.2. The van der Waals surface area contributed by atoms with E-state index in [2.05, 4.69) is 10.1 Å². The summed E-state index contributed by atoms with van der Waals surface area (Å²) in [6, 6.07) is 26.4. The molecule has 0 aliphatic rings. The van der Waals surface area contributed by atoms with Crippen molar-refractivity contribution in [3.05, 3.63) is 123 Å². The van der Waals surface area contributed by atoms with Gasteiger partial charge in [0.25, 0.3) is 11.2 Å². The van der Waals surface area contributed by atoms with E-state index in [9.17, 15) is 14.9 Å². The predicted octanol–water partition coefficient (Wildman–Crippen LogP) is 4.64. The number of rotatable bonds is 5. The maximum Gasteiger partial charge on any atom is 0.282 e. The second-order valence-electron chi connectivity index (χ2n) is 7.26. The van der Waals surface area contributed by atoms with Crippen molar-refractivity contribution in [1.82, 2.24) is 14.2 Å². The smallest absolute Gasteiger partial charge is 0.282 e. The lowest BCUT2D eigenvalue weighted by Crippen LogP contribution is -2.20. The zero-order valence-corrected chi connectivity index (χ0v) is 17.3. The second-order valence-corrected chi connectivity index (χ2v) is 7.26. The maximum atomic E-state index is 13.3. The van der Waals surface area contributed by atoms with E-state index in [0.717, 1.165) is 5.56 Å². The SMILES string of the molecule is O=c1c2ccccc2nc(-c2ccccc2)n1N=Cc1cccn1-c1cccc([N+](=O)[O-])c1. The van der Waals surface area contributed by atoms with Crippen molar-refractivity contribution in [2.45, 2.75) is 0 Å². The number of nitro groups is 1. The highest BCUT2D eigenvalue weighted by Gasteiger charge is 2.13. The van der Waals surface area contributed by atoms with Crippen molar-refractivity contribution in [1.29, 1.82) is 0 Å². The van der Waals surface area contributed by atoms with Gasteiger partial charge in [-0.15, -0.1) is 0 Å². The molecule has 0 aliphatic carbocycles. The van der Waals surface area contributed by atoms with E-state index in [1.807, 2.05) is 42.5 Å². The minimum Gasteiger partial charge on any atom is -0.315 e. The molecule has 0 fully saturated rings. The molecule has 3 aromatic carbocycles. The van der Waals surface area contributed by atoms with Gasteiger partial charge < -0.3 is 4.57 Å². The molecule has 0 spiro atoms. The third-order valence-corrected chi connectivity index (χ3v) is 5.19. The molecule has 0 atom stereocenters. The molecule has 0 radical (unpaired) electrons. The topological polar surface area (TPSA) is 95.3 Å². The van der Waals surface area contributed by atoms with Crippen molar-refractivity contribution in [3.8, 4) is 17.1 Å². The second kappa shape index (κ2) is 8.35. The molecule has 2 heterocycles. The van der Waals surface area contributed by atoms with Crippen LogP contribution in [0.15, 0.2) is 107 Å². The lowest BCUT2D eigenvalue weighted by Gasteiger charge is -2.10. The van der Waals surface area contributed by atoms with Crippen LogP contribution in [0.25, 0.3) is 28.0 Å². The lowest BCUT2D eigenvalue weighted by molar-refractivity contribution is -0.384. The third kappa shape index (κ3) is 3.81. The van der Waals surface area contributed by atoms with Gasteiger partial charge in [0, 0.05) is 23.9 Å². The van der Waals surface area contributed by atoms with Crippen molar-refractivity contribution in [3.63, 3.8) is 0 Å². The molecular weight excluding hydrogens is 418 g/mol. The van der Waals surface area contributed by atoms with Gasteiger partial charge in [0.05, 0.1) is 33.4 Å². The first-order valence-corrected chi connectivity index (χ1v) is 10.2. The van der Waals surface area contributed by atoms with Gasteiger partial charge in [0.2, 0.25) is 0 Å². The highest BCUT2D eigenvalue weighted by atomic mass is 16.6. The molecule has 160 valence electrons. The highest BCUT2D eigenvalue weighted by molar-refractivity contribution is 5.81. The number of fused-ring (bicyclic) bond motifs is 1. The van der Waals surface area contributed by atoms with Gasteiger partial charge in [-0.2, -0.15) is 9.78 Å². The Morgan fingerprint density at radius 1 is 0.909 bits per heavy atom. The number of nitrogens with zero attached hydrogens (tertiary/aromatic N) is 5. The number of hydrogen-bond acceptors (Lipinski definition) is 5. The van der Waals surface area contributed by atoms with Crippen molar-refractivity contribution < 1.29 is 4.92 Å². The largest absolute Gasteiger partial charge is 0.315 e. The Balaban J connectivity index is 1.64. The van der Waals surface area contributed by atoms with Gasteiger partial charge in [0.1, 0.15) is 0 Å². The summed E-state index contributed by atoms with van der Waals surface area (Å²) < 4.78 is 3.04. The van der Waals surface area contributed by atoms with Crippen LogP contribution in [0.4, 0.5) is 5.69 Å². The Bertz CT molecular complexity index is 1570. The Morgan fingerprint density at radius 2 is 1.70 bits per heavy atom. The number of benzene rings is 3. The molecule has 5 rings (SSSR count). The van der Waals surface area contributed by atoms with E-state index in [0.29, 0.717) is 28.1 Å². The van der Waals surface area contributed by atoms with Crippen molar-refractivity contribution in [2.75, 3.05) is 0 Å². The Kier molecular flexibility index (Phi) is 5.08. The Hall–Kier alpha value is -4.85. The minimum absolute atomic E-state index is 0.00889. The molecule has 5 aromatic rings. The first-order chi connectivity index (χ1) is 16.1. The number of para-hydroxylation sites is 1. The van der Waals surface area contributed by atoms with E-state index in [1.165, 1.54) is 16.8 Å². The zero-order chi connectivity index (χ0) is 22.8. The van der Waals surface area contributed by atoms with Crippen LogP contribution in [-0.4, -0.2) is 25.4 Å². The number of non-ortho nitro benzene ring substituents is 1. The van der Waals surface area contributed by atoms with Gasteiger partial charge >= 0.3 is 0 Å². The van der Waals surface area contributed by atoms with Crippen LogP contribution in [0, 0.1) is 10.1 Å². The number of hydrogen-bond donors (Lipinski definition) is 0. The van der Waals surface area contributed by atoms with Crippen LogP contribution in [0.5, 0.6) is 0 Å². The molecule has 33 heavy (non-hydrogen) atoms. The lowest BCUT2D eigenvalue weighted by atomic mass is 10.2. The summed E-state index contributed by atoms with van der Waals surface area (Å²) in [5.41, 5.74) is 2.31. The van der Waals surface area contributed by atoms with E-state index in [4.69, 9.17) is 0 Å². The van der Waals surface area contributed by atoms with Gasteiger partial charge in [-0.05, 0) is 30.3 Å². The van der Waals surface area contributed by atoms with Crippen molar-refractivity contribution >= 4 is 22.8 Å². The monoisotopic (exact) mass is 435 g/mol. The fourth-order valence-electron chi connectivity index (χ4n) is 3.61. The summed E-state index contributed by atoms with van der Waals surface area (Å²) in [6.45, 7) is 0. The summed E-state index contributed by atoms with van der Waals surface area (Å²) in [5, 5.41) is 16.1. The first kappa shape index (κ1) is 20.1. The molecule has 0 bridgehead atoms. The average molecular weight is 435 g/mol. The number of aromatic nitrogens is 3. The highest BCUT2D eigenvalue weighted by Crippen LogP contribution is 2.20. The van der Waals surface area contributed by atoms with E-state index >= 15 is 0 Å². The van der Waals surface area contributed by atoms with E-state index in [-0.39, 0.29) is 11.2 Å². The van der Waals surface area contributed by atoms with Crippen LogP contribution < -0.4 is 5.56 Å². The molecular formula is C25H17N5O3. The van der Waals surface area contributed by atoms with Crippen molar-refractivity contribution in [2.24, 2.45) is 5.10 Å². The summed E-state index contributed by atoms with van der Waals surface area (Å²) in [5.74, 6) is 0.420. The fraction of sp³-hybridized carbons (Fsp3) is 0. The standard InChI is InChI=1S/C25H17N5O3/c31-25-22-13-4-5-14-23(22)27-24(18-8-2-1-3-9-18)29(25)26-17-21-12-7-15-28(21)19-10-6-11-20(16-19)30(32)33/h1-17H. The molecule has 2 aromatic heterocycles. The molecule has 0 aliphatic heterocycles. The summed E-state index contributed by atoms with van der Waals surface area (Å²) >= 11 is 0. The van der Waals surface area contributed by atoms with Gasteiger partial charge in [-0.3, -0.25) is 14.9 Å². The zero-order valence-electron chi connectivity index (χ0n) is 17.3. The molecule has 0 saturated heterocycles. The Labute approximate surface area is 187 Å². The molecule has 0 saturated carbocycles. The van der Waals surface area contributed by atoms with Crippen LogP contribution in [0.1, 0.15) is 5.69 Å². The summed E-state index contributed by atoms with van der Waals surface area (Å²) in [6.07, 6.45) is 3.32. The quantitative estimate of drug-likeness (QED) is 0.228. The van der Waals surface area contributed by atoms with Crippen LogP contribution in [-0.2, 0) is 0 Å². The van der Waals surface area contributed by atoms with E-state index in [1.54, 1.807) is 53.4 Å². The molecule has 0 unspecified atom stereocenters. The Morgan fingerprint density at radius 3 is 2.52 bits per heavy atom. The molecule has 0 N–H and O–H groups in total. The summed E-state index contributed by atoms with van der Waals surface area (Å²) in [4.78, 5) is 28.7. The van der Waals surface area contributed by atoms with Gasteiger partial charge in [0.15, 0.2) is 5.82 Å². The molecule has 8 nitrogen and oxygen atoms in total. The number of nitro benzene ring substituents is 1. The van der Waals surface area contributed by atoms with Gasteiger partial charge in [-0.25, -0.2) is 4.98 Å². The van der Waals surface area contributed by atoms with E-state index < -0.39 is 4.92 Å². The fourth-order valence-corrected chi connectivity index (χ4v) is 3.61. The van der Waals surface area contributed by atoms with Crippen LogP contribution in [0.3, 0.4) is 0 Å².